The second kappa shape index (κ2) is 7.28. The molecule has 1 aliphatic heterocycles. The number of hydrogen-bond donors (Lipinski definition) is 2. The monoisotopic (exact) mass is 422 g/mol. The van der Waals surface area contributed by atoms with Gasteiger partial charge in [-0.05, 0) is 50.2 Å². The van der Waals surface area contributed by atoms with E-state index >= 15 is 0 Å². The van der Waals surface area contributed by atoms with Crippen molar-refractivity contribution in [1.29, 1.82) is 0 Å². The lowest BCUT2D eigenvalue weighted by molar-refractivity contribution is -0.116. The molecule has 154 valence electrons. The Bertz CT molecular complexity index is 1180. The van der Waals surface area contributed by atoms with Crippen LogP contribution in [0.2, 0.25) is 0 Å². The third-order valence-corrected chi connectivity index (χ3v) is 5.83. The SMILES string of the molecule is Cc1cccc(-c2n[nH]c(=S)n2CC(=O)Nc2ccc3c(c2)OC2(CCCC2)O3)c1. The molecule has 0 atom stereocenters. The molecule has 7 nitrogen and oxygen atoms in total. The fraction of sp³-hybridized carbons (Fsp3) is 0.318. The number of carbonyl (C=O) groups excluding carboxylic acids is 1. The standard InChI is InChI=1S/C22H22N4O3S/c1-14-5-4-6-15(11-14)20-24-25-21(30)26(20)13-19(27)23-16-7-8-17-18(12-16)29-22(28-17)9-2-3-10-22/h4-8,11-12H,2-3,9-10,13H2,1H3,(H,23,27)(H,25,30). The van der Waals surface area contributed by atoms with Crippen LogP contribution >= 0.6 is 12.2 Å². The van der Waals surface area contributed by atoms with Crippen molar-refractivity contribution < 1.29 is 14.3 Å². The molecule has 1 saturated carbocycles. The zero-order valence-electron chi connectivity index (χ0n) is 16.6. The quantitative estimate of drug-likeness (QED) is 0.601. The van der Waals surface area contributed by atoms with Crippen LogP contribution in [0.5, 0.6) is 11.5 Å². The van der Waals surface area contributed by atoms with Gasteiger partial charge in [-0.15, -0.1) is 0 Å². The number of rotatable bonds is 4. The zero-order chi connectivity index (χ0) is 20.7. The first kappa shape index (κ1) is 18.9. The Morgan fingerprint density at radius 1 is 1.20 bits per heavy atom. The van der Waals surface area contributed by atoms with E-state index in [1.165, 1.54) is 0 Å². The average Bonchev–Trinajstić information content (AvgIpc) is 3.41. The Balaban J connectivity index is 1.32. The Morgan fingerprint density at radius 2 is 2.00 bits per heavy atom. The van der Waals surface area contributed by atoms with Crippen molar-refractivity contribution in [3.8, 4) is 22.9 Å². The molecular weight excluding hydrogens is 400 g/mol. The van der Waals surface area contributed by atoms with Crippen LogP contribution in [0.3, 0.4) is 0 Å². The van der Waals surface area contributed by atoms with E-state index in [1.807, 2.05) is 49.4 Å². The minimum absolute atomic E-state index is 0.0526. The summed E-state index contributed by atoms with van der Waals surface area (Å²) < 4.78 is 14.2. The van der Waals surface area contributed by atoms with Gasteiger partial charge in [-0.1, -0.05) is 23.8 Å². The Kier molecular flexibility index (Phi) is 4.58. The number of nitrogens with one attached hydrogen (secondary N) is 2. The third kappa shape index (κ3) is 3.47. The van der Waals surface area contributed by atoms with Gasteiger partial charge in [0.25, 0.3) is 5.79 Å². The van der Waals surface area contributed by atoms with Crippen LogP contribution in [0.15, 0.2) is 42.5 Å². The van der Waals surface area contributed by atoms with Crippen LogP contribution in [0.4, 0.5) is 5.69 Å². The molecule has 1 spiro atoms. The van der Waals surface area contributed by atoms with Crippen LogP contribution < -0.4 is 14.8 Å². The van der Waals surface area contributed by atoms with Gasteiger partial charge in [-0.25, -0.2) is 0 Å². The van der Waals surface area contributed by atoms with Crippen molar-refractivity contribution in [3.05, 3.63) is 52.8 Å². The molecule has 5 rings (SSSR count). The number of benzene rings is 2. The number of anilines is 1. The van der Waals surface area contributed by atoms with Crippen molar-refractivity contribution in [2.45, 2.75) is 44.9 Å². The lowest BCUT2D eigenvalue weighted by Gasteiger charge is -2.21. The fourth-order valence-electron chi connectivity index (χ4n) is 4.10. The van der Waals surface area contributed by atoms with Crippen LogP contribution in [-0.2, 0) is 11.3 Å². The van der Waals surface area contributed by atoms with Gasteiger partial charge in [-0.3, -0.25) is 14.5 Å². The number of hydrogen-bond acceptors (Lipinski definition) is 5. The van der Waals surface area contributed by atoms with Crippen molar-refractivity contribution in [2.24, 2.45) is 0 Å². The molecule has 1 aromatic heterocycles. The molecule has 0 radical (unpaired) electrons. The highest BCUT2D eigenvalue weighted by molar-refractivity contribution is 7.71. The number of aryl methyl sites for hydroxylation is 1. The lowest BCUT2D eigenvalue weighted by Crippen LogP contribution is -2.34. The summed E-state index contributed by atoms with van der Waals surface area (Å²) in [6.45, 7) is 2.06. The summed E-state index contributed by atoms with van der Waals surface area (Å²) in [5.74, 6) is 1.32. The highest BCUT2D eigenvalue weighted by Crippen LogP contribution is 2.47. The molecule has 3 aromatic rings. The molecule has 2 N–H and O–H groups in total. The Hall–Kier alpha value is -3.13. The number of H-pyrrole nitrogens is 1. The predicted molar refractivity (Wildman–Crippen MR) is 115 cm³/mol. The van der Waals surface area contributed by atoms with Crippen molar-refractivity contribution in [3.63, 3.8) is 0 Å². The minimum atomic E-state index is -0.516. The van der Waals surface area contributed by atoms with Gasteiger partial charge in [0.2, 0.25) is 5.91 Å². The molecule has 30 heavy (non-hydrogen) atoms. The summed E-state index contributed by atoms with van der Waals surface area (Å²) in [7, 11) is 0. The molecule has 0 bridgehead atoms. The van der Waals surface area contributed by atoms with Gasteiger partial charge in [0, 0.05) is 30.2 Å². The van der Waals surface area contributed by atoms with Gasteiger partial charge in [0.1, 0.15) is 6.54 Å². The molecule has 1 amide bonds. The maximum Gasteiger partial charge on any atom is 0.251 e. The number of ether oxygens (including phenoxy) is 2. The summed E-state index contributed by atoms with van der Waals surface area (Å²) in [6.07, 6.45) is 3.99. The van der Waals surface area contributed by atoms with Crippen LogP contribution in [-0.4, -0.2) is 26.5 Å². The molecule has 0 unspecified atom stereocenters. The van der Waals surface area contributed by atoms with Gasteiger partial charge in [0.05, 0.1) is 0 Å². The smallest absolute Gasteiger partial charge is 0.251 e. The van der Waals surface area contributed by atoms with E-state index in [2.05, 4.69) is 15.5 Å². The second-order valence-corrected chi connectivity index (χ2v) is 8.23. The third-order valence-electron chi connectivity index (χ3n) is 5.52. The first-order valence-electron chi connectivity index (χ1n) is 10.1. The zero-order valence-corrected chi connectivity index (χ0v) is 17.4. The van der Waals surface area contributed by atoms with Crippen LogP contribution in [0.25, 0.3) is 11.4 Å². The largest absolute Gasteiger partial charge is 0.448 e. The summed E-state index contributed by atoms with van der Waals surface area (Å²) in [4.78, 5) is 12.7. The van der Waals surface area contributed by atoms with Crippen LogP contribution in [0.1, 0.15) is 31.2 Å². The molecule has 2 aromatic carbocycles. The summed E-state index contributed by atoms with van der Waals surface area (Å²) in [6, 6.07) is 13.4. The van der Waals surface area contributed by atoms with Crippen molar-refractivity contribution in [2.75, 3.05) is 5.32 Å². The number of nitrogens with zero attached hydrogens (tertiary/aromatic N) is 2. The number of amides is 1. The molecule has 1 aliphatic carbocycles. The molecular formula is C22H22N4O3S. The molecule has 2 heterocycles. The Labute approximate surface area is 179 Å². The van der Waals surface area contributed by atoms with Crippen LogP contribution in [0, 0.1) is 11.7 Å². The van der Waals surface area contributed by atoms with E-state index in [0.29, 0.717) is 22.0 Å². The predicted octanol–water partition coefficient (Wildman–Crippen LogP) is 4.60. The highest BCUT2D eigenvalue weighted by Gasteiger charge is 2.44. The van der Waals surface area contributed by atoms with Gasteiger partial charge in [-0.2, -0.15) is 5.10 Å². The average molecular weight is 423 g/mol. The minimum Gasteiger partial charge on any atom is -0.448 e. The topological polar surface area (TPSA) is 81.2 Å². The maximum atomic E-state index is 12.7. The second-order valence-electron chi connectivity index (χ2n) is 7.84. The number of aromatic amines is 1. The maximum absolute atomic E-state index is 12.7. The first-order valence-corrected chi connectivity index (χ1v) is 10.5. The summed E-state index contributed by atoms with van der Waals surface area (Å²) in [5.41, 5.74) is 2.67. The highest BCUT2D eigenvalue weighted by atomic mass is 32.1. The van der Waals surface area contributed by atoms with Gasteiger partial charge >= 0.3 is 0 Å². The van der Waals surface area contributed by atoms with E-state index in [0.717, 1.165) is 42.6 Å². The Morgan fingerprint density at radius 3 is 2.80 bits per heavy atom. The number of aromatic nitrogens is 3. The molecule has 8 heteroatoms. The van der Waals surface area contributed by atoms with E-state index in [4.69, 9.17) is 21.7 Å². The molecule has 0 saturated heterocycles. The molecule has 2 aliphatic rings. The van der Waals surface area contributed by atoms with E-state index in [9.17, 15) is 4.79 Å². The number of fused-ring (bicyclic) bond motifs is 1. The summed E-state index contributed by atoms with van der Waals surface area (Å²) in [5, 5.41) is 10.0. The van der Waals surface area contributed by atoms with Gasteiger partial charge < -0.3 is 14.8 Å². The lowest BCUT2D eigenvalue weighted by atomic mass is 10.1. The van der Waals surface area contributed by atoms with E-state index in [-0.39, 0.29) is 12.5 Å². The van der Waals surface area contributed by atoms with Crippen molar-refractivity contribution in [1.82, 2.24) is 14.8 Å². The summed E-state index contributed by atoms with van der Waals surface area (Å²) >= 11 is 5.34. The van der Waals surface area contributed by atoms with Crippen molar-refractivity contribution >= 4 is 23.8 Å². The van der Waals surface area contributed by atoms with E-state index in [1.54, 1.807) is 4.57 Å². The van der Waals surface area contributed by atoms with Gasteiger partial charge in [0.15, 0.2) is 22.1 Å². The fourth-order valence-corrected chi connectivity index (χ4v) is 4.30. The normalized spacial score (nSPS) is 16.2. The first-order chi connectivity index (χ1) is 14.5. The number of carbonyl (C=O) groups is 1. The molecule has 1 fully saturated rings. The van der Waals surface area contributed by atoms with E-state index < -0.39 is 5.79 Å².